The van der Waals surface area contributed by atoms with Gasteiger partial charge in [-0.25, -0.2) is 4.98 Å². The molecular formula is C15H14N2O2. The van der Waals surface area contributed by atoms with Crippen LogP contribution in [0, 0.1) is 6.92 Å². The summed E-state index contributed by atoms with van der Waals surface area (Å²) in [5.41, 5.74) is 1.55. The number of hydrogen-bond acceptors (Lipinski definition) is 3. The van der Waals surface area contributed by atoms with Gasteiger partial charge in [0.2, 0.25) is 5.91 Å². The highest BCUT2D eigenvalue weighted by Gasteiger charge is 2.11. The van der Waals surface area contributed by atoms with E-state index in [1.54, 1.807) is 36.5 Å². The summed E-state index contributed by atoms with van der Waals surface area (Å²) < 4.78 is 0. The Bertz CT molecular complexity index is 577. The van der Waals surface area contributed by atoms with E-state index >= 15 is 0 Å². The first-order valence-corrected chi connectivity index (χ1v) is 5.96. The molecule has 1 aromatic carbocycles. The van der Waals surface area contributed by atoms with E-state index in [4.69, 9.17) is 0 Å². The quantitative estimate of drug-likeness (QED) is 0.674. The number of pyridine rings is 1. The lowest BCUT2D eigenvalue weighted by Gasteiger charge is -2.04. The maximum Gasteiger partial charge on any atom is 0.233 e. The number of carbonyl (C=O) groups excluding carboxylic acids is 2. The van der Waals surface area contributed by atoms with Gasteiger partial charge in [0.25, 0.3) is 0 Å². The molecule has 0 atom stereocenters. The van der Waals surface area contributed by atoms with Crippen molar-refractivity contribution in [2.24, 2.45) is 0 Å². The summed E-state index contributed by atoms with van der Waals surface area (Å²) in [6, 6.07) is 12.3. The molecule has 2 rings (SSSR count). The fraction of sp³-hybridized carbons (Fsp3) is 0.133. The Morgan fingerprint density at radius 1 is 1.11 bits per heavy atom. The SMILES string of the molecule is Cc1ccc(NC(=O)CC(=O)c2ccccc2)nc1. The highest BCUT2D eigenvalue weighted by Crippen LogP contribution is 2.07. The van der Waals surface area contributed by atoms with Crippen molar-refractivity contribution in [1.82, 2.24) is 4.98 Å². The van der Waals surface area contributed by atoms with Gasteiger partial charge in [-0.05, 0) is 18.6 Å². The molecule has 4 heteroatoms. The minimum atomic E-state index is -0.356. The Balaban J connectivity index is 1.95. The van der Waals surface area contributed by atoms with Gasteiger partial charge in [0.05, 0.1) is 6.42 Å². The molecular weight excluding hydrogens is 240 g/mol. The van der Waals surface area contributed by atoms with Crippen LogP contribution in [-0.2, 0) is 4.79 Å². The van der Waals surface area contributed by atoms with Crippen molar-refractivity contribution in [3.63, 3.8) is 0 Å². The molecule has 96 valence electrons. The monoisotopic (exact) mass is 254 g/mol. The molecule has 1 heterocycles. The highest BCUT2D eigenvalue weighted by molar-refractivity contribution is 6.10. The molecule has 1 amide bonds. The van der Waals surface area contributed by atoms with Crippen LogP contribution in [-0.4, -0.2) is 16.7 Å². The largest absolute Gasteiger partial charge is 0.310 e. The van der Waals surface area contributed by atoms with Gasteiger partial charge < -0.3 is 5.32 Å². The van der Waals surface area contributed by atoms with Crippen molar-refractivity contribution in [2.45, 2.75) is 13.3 Å². The van der Waals surface area contributed by atoms with Crippen LogP contribution in [0.3, 0.4) is 0 Å². The van der Waals surface area contributed by atoms with Gasteiger partial charge >= 0.3 is 0 Å². The zero-order chi connectivity index (χ0) is 13.7. The van der Waals surface area contributed by atoms with Gasteiger partial charge in [0.1, 0.15) is 5.82 Å². The summed E-state index contributed by atoms with van der Waals surface area (Å²) in [4.78, 5) is 27.6. The number of ketones is 1. The van der Waals surface area contributed by atoms with Gasteiger partial charge in [-0.15, -0.1) is 0 Å². The van der Waals surface area contributed by atoms with Crippen molar-refractivity contribution in [1.29, 1.82) is 0 Å². The lowest BCUT2D eigenvalue weighted by atomic mass is 10.1. The molecule has 19 heavy (non-hydrogen) atoms. The second-order valence-electron chi connectivity index (χ2n) is 4.23. The molecule has 1 aromatic heterocycles. The first kappa shape index (κ1) is 13.0. The van der Waals surface area contributed by atoms with Crippen LogP contribution >= 0.6 is 0 Å². The molecule has 4 nitrogen and oxygen atoms in total. The Labute approximate surface area is 111 Å². The molecule has 0 fully saturated rings. The number of carbonyl (C=O) groups is 2. The van der Waals surface area contributed by atoms with Gasteiger partial charge in [-0.3, -0.25) is 9.59 Å². The molecule has 0 radical (unpaired) electrons. The van der Waals surface area contributed by atoms with Gasteiger partial charge in [0, 0.05) is 11.8 Å². The molecule has 0 aliphatic rings. The first-order valence-electron chi connectivity index (χ1n) is 5.96. The minimum absolute atomic E-state index is 0.181. The maximum absolute atomic E-state index is 11.8. The predicted octanol–water partition coefficient (Wildman–Crippen LogP) is 2.60. The zero-order valence-electron chi connectivity index (χ0n) is 10.6. The Hall–Kier alpha value is -2.49. The van der Waals surface area contributed by atoms with E-state index < -0.39 is 0 Å². The number of rotatable bonds is 4. The summed E-state index contributed by atoms with van der Waals surface area (Å²) in [6.07, 6.45) is 1.48. The second kappa shape index (κ2) is 5.91. The van der Waals surface area contributed by atoms with Crippen molar-refractivity contribution in [3.05, 3.63) is 59.8 Å². The topological polar surface area (TPSA) is 59.1 Å². The molecule has 0 spiro atoms. The maximum atomic E-state index is 11.8. The van der Waals surface area contributed by atoms with E-state index in [0.717, 1.165) is 5.56 Å². The summed E-state index contributed by atoms with van der Waals surface area (Å²) in [6.45, 7) is 1.91. The van der Waals surface area contributed by atoms with Crippen LogP contribution in [0.4, 0.5) is 5.82 Å². The van der Waals surface area contributed by atoms with Crippen LogP contribution < -0.4 is 5.32 Å². The number of aryl methyl sites for hydroxylation is 1. The summed E-state index contributed by atoms with van der Waals surface area (Å²) >= 11 is 0. The van der Waals surface area contributed by atoms with E-state index in [1.807, 2.05) is 19.1 Å². The summed E-state index contributed by atoms with van der Waals surface area (Å²) in [7, 11) is 0. The van der Waals surface area contributed by atoms with E-state index in [0.29, 0.717) is 11.4 Å². The average Bonchev–Trinajstić information content (AvgIpc) is 2.42. The zero-order valence-corrected chi connectivity index (χ0v) is 10.6. The van der Waals surface area contributed by atoms with E-state index in [-0.39, 0.29) is 18.1 Å². The first-order chi connectivity index (χ1) is 9.15. The minimum Gasteiger partial charge on any atom is -0.310 e. The van der Waals surface area contributed by atoms with Gasteiger partial charge in [-0.1, -0.05) is 36.4 Å². The number of nitrogens with one attached hydrogen (secondary N) is 1. The third kappa shape index (κ3) is 3.74. The number of Topliss-reactive ketones (excluding diaryl/α,β-unsaturated/α-hetero) is 1. The Morgan fingerprint density at radius 3 is 2.47 bits per heavy atom. The Morgan fingerprint density at radius 2 is 1.84 bits per heavy atom. The van der Waals surface area contributed by atoms with Gasteiger partial charge in [-0.2, -0.15) is 0 Å². The van der Waals surface area contributed by atoms with Crippen molar-refractivity contribution in [2.75, 3.05) is 5.32 Å². The molecule has 0 saturated heterocycles. The predicted molar refractivity (Wildman–Crippen MR) is 73.0 cm³/mol. The number of hydrogen-bond donors (Lipinski definition) is 1. The lowest BCUT2D eigenvalue weighted by molar-refractivity contribution is -0.115. The molecule has 0 unspecified atom stereocenters. The summed E-state index contributed by atoms with van der Waals surface area (Å²) in [5.74, 6) is -0.105. The van der Waals surface area contributed by atoms with Gasteiger partial charge in [0.15, 0.2) is 5.78 Å². The lowest BCUT2D eigenvalue weighted by Crippen LogP contribution is -2.17. The van der Waals surface area contributed by atoms with E-state index in [1.165, 1.54) is 0 Å². The molecule has 1 N–H and O–H groups in total. The number of amides is 1. The summed E-state index contributed by atoms with van der Waals surface area (Å²) in [5, 5.41) is 2.60. The molecule has 0 aliphatic heterocycles. The van der Waals surface area contributed by atoms with Crippen LogP contribution in [0.1, 0.15) is 22.3 Å². The number of nitrogens with zero attached hydrogens (tertiary/aromatic N) is 1. The smallest absolute Gasteiger partial charge is 0.233 e. The number of aromatic nitrogens is 1. The Kier molecular flexibility index (Phi) is 4.03. The molecule has 2 aromatic rings. The van der Waals surface area contributed by atoms with E-state index in [9.17, 15) is 9.59 Å². The fourth-order valence-electron chi connectivity index (χ4n) is 1.60. The van der Waals surface area contributed by atoms with Crippen molar-refractivity contribution in [3.8, 4) is 0 Å². The van der Waals surface area contributed by atoms with Crippen LogP contribution in [0.5, 0.6) is 0 Å². The molecule has 0 saturated carbocycles. The number of anilines is 1. The van der Waals surface area contributed by atoms with Crippen LogP contribution in [0.2, 0.25) is 0 Å². The molecule has 0 aliphatic carbocycles. The normalized spacial score (nSPS) is 9.95. The van der Waals surface area contributed by atoms with E-state index in [2.05, 4.69) is 10.3 Å². The third-order valence-corrected chi connectivity index (χ3v) is 2.60. The third-order valence-electron chi connectivity index (χ3n) is 2.60. The van der Waals surface area contributed by atoms with Crippen molar-refractivity contribution >= 4 is 17.5 Å². The molecule has 0 bridgehead atoms. The standard InChI is InChI=1S/C15H14N2O2/c1-11-7-8-14(16-10-11)17-15(19)9-13(18)12-5-3-2-4-6-12/h2-8,10H,9H2,1H3,(H,16,17,19). The van der Waals surface area contributed by atoms with Crippen LogP contribution in [0.25, 0.3) is 0 Å². The second-order valence-corrected chi connectivity index (χ2v) is 4.23. The highest BCUT2D eigenvalue weighted by atomic mass is 16.2. The average molecular weight is 254 g/mol. The number of benzene rings is 1. The van der Waals surface area contributed by atoms with Crippen LogP contribution in [0.15, 0.2) is 48.7 Å². The van der Waals surface area contributed by atoms with Crippen molar-refractivity contribution < 1.29 is 9.59 Å². The fourth-order valence-corrected chi connectivity index (χ4v) is 1.60.